The molecule has 2 rings (SSSR count). The first kappa shape index (κ1) is 16.4. The van der Waals surface area contributed by atoms with Crippen LogP contribution in [-0.4, -0.2) is 51.3 Å². The van der Waals surface area contributed by atoms with E-state index in [-0.39, 0.29) is 0 Å². The van der Waals surface area contributed by atoms with Crippen molar-refractivity contribution in [2.24, 2.45) is 5.92 Å². The van der Waals surface area contributed by atoms with Crippen LogP contribution in [0.5, 0.6) is 0 Å². The van der Waals surface area contributed by atoms with Crippen molar-refractivity contribution in [3.05, 3.63) is 5.82 Å². The maximum Gasteiger partial charge on any atom is 0.165 e. The quantitative estimate of drug-likeness (QED) is 0.751. The van der Waals surface area contributed by atoms with E-state index in [9.17, 15) is 0 Å². The molecule has 120 valence electrons. The zero-order chi connectivity index (χ0) is 14.9. The van der Waals surface area contributed by atoms with E-state index in [2.05, 4.69) is 39.6 Å². The normalized spacial score (nSPS) is 19.3. The van der Waals surface area contributed by atoms with Gasteiger partial charge in [0.25, 0.3) is 0 Å². The number of unbranched alkanes of at least 4 members (excludes halogenated alkanes) is 1. The number of aryl methyl sites for hydroxylation is 1. The Morgan fingerprint density at radius 2 is 2.24 bits per heavy atom. The van der Waals surface area contributed by atoms with Gasteiger partial charge in [0, 0.05) is 13.1 Å². The largest absolute Gasteiger partial charge is 0.316 e. The molecule has 6 heteroatoms. The number of nitrogens with one attached hydrogen (secondary N) is 1. The minimum absolute atomic E-state index is 0.769. The third kappa shape index (κ3) is 5.36. The van der Waals surface area contributed by atoms with Gasteiger partial charge in [0.15, 0.2) is 5.82 Å². The average Bonchev–Trinajstić information content (AvgIpc) is 2.93. The van der Waals surface area contributed by atoms with E-state index in [1.54, 1.807) is 0 Å². The van der Waals surface area contributed by atoms with Crippen LogP contribution < -0.4 is 5.32 Å². The van der Waals surface area contributed by atoms with Crippen molar-refractivity contribution >= 4 is 0 Å². The summed E-state index contributed by atoms with van der Waals surface area (Å²) in [4.78, 5) is 2.52. The Balaban J connectivity index is 1.90. The van der Waals surface area contributed by atoms with Crippen molar-refractivity contribution in [1.29, 1.82) is 0 Å². The molecule has 1 aromatic heterocycles. The second-order valence-electron chi connectivity index (χ2n) is 6.12. The van der Waals surface area contributed by atoms with Gasteiger partial charge in [-0.15, -0.1) is 5.10 Å². The summed E-state index contributed by atoms with van der Waals surface area (Å²) in [6.45, 7) is 10.9. The highest BCUT2D eigenvalue weighted by atomic mass is 15.5. The number of hydrogen-bond donors (Lipinski definition) is 1. The molecule has 6 nitrogen and oxygen atoms in total. The SMILES string of the molecule is CCCCn1nnnc1CN(CCC)CC1CCCNC1. The summed E-state index contributed by atoms with van der Waals surface area (Å²) in [6.07, 6.45) is 6.13. The van der Waals surface area contributed by atoms with Crippen LogP contribution in [-0.2, 0) is 13.1 Å². The summed E-state index contributed by atoms with van der Waals surface area (Å²) in [7, 11) is 0. The molecule has 0 aliphatic carbocycles. The van der Waals surface area contributed by atoms with Crippen molar-refractivity contribution in [3.63, 3.8) is 0 Å². The van der Waals surface area contributed by atoms with Gasteiger partial charge >= 0.3 is 0 Å². The Bertz CT molecular complexity index is 385. The Labute approximate surface area is 128 Å². The van der Waals surface area contributed by atoms with Crippen LogP contribution in [0.25, 0.3) is 0 Å². The van der Waals surface area contributed by atoms with Gasteiger partial charge in [0.1, 0.15) is 0 Å². The molecule has 0 amide bonds. The highest BCUT2D eigenvalue weighted by Gasteiger charge is 2.18. The monoisotopic (exact) mass is 294 g/mol. The fraction of sp³-hybridized carbons (Fsp3) is 0.933. The first-order chi connectivity index (χ1) is 10.3. The number of rotatable bonds is 9. The zero-order valence-corrected chi connectivity index (χ0v) is 13.6. The summed E-state index contributed by atoms with van der Waals surface area (Å²) in [6, 6.07) is 0. The molecular weight excluding hydrogens is 264 g/mol. The number of nitrogens with zero attached hydrogens (tertiary/aromatic N) is 5. The van der Waals surface area contributed by atoms with Crippen LogP contribution in [0.1, 0.15) is 51.8 Å². The molecule has 1 saturated heterocycles. The molecule has 2 heterocycles. The molecule has 0 spiro atoms. The predicted molar refractivity (Wildman–Crippen MR) is 83.9 cm³/mol. The van der Waals surface area contributed by atoms with E-state index in [0.717, 1.165) is 50.9 Å². The Morgan fingerprint density at radius 3 is 2.95 bits per heavy atom. The van der Waals surface area contributed by atoms with Crippen molar-refractivity contribution in [3.8, 4) is 0 Å². The fourth-order valence-electron chi connectivity index (χ4n) is 3.01. The average molecular weight is 294 g/mol. The zero-order valence-electron chi connectivity index (χ0n) is 13.6. The second-order valence-corrected chi connectivity index (χ2v) is 6.12. The van der Waals surface area contributed by atoms with Gasteiger partial charge in [-0.3, -0.25) is 4.90 Å². The summed E-state index contributed by atoms with van der Waals surface area (Å²) < 4.78 is 1.98. The lowest BCUT2D eigenvalue weighted by atomic mass is 9.99. The van der Waals surface area contributed by atoms with Gasteiger partial charge in [0.05, 0.1) is 6.54 Å². The van der Waals surface area contributed by atoms with Crippen molar-refractivity contribution in [2.75, 3.05) is 26.2 Å². The highest BCUT2D eigenvalue weighted by molar-refractivity contribution is 4.83. The molecule has 1 atom stereocenters. The molecule has 1 fully saturated rings. The standard InChI is InChI=1S/C15H30N6/c1-3-5-10-21-15(17-18-19-21)13-20(9-4-2)12-14-7-6-8-16-11-14/h14,16H,3-13H2,1-2H3. The van der Waals surface area contributed by atoms with E-state index in [4.69, 9.17) is 0 Å². The Morgan fingerprint density at radius 1 is 1.33 bits per heavy atom. The topological polar surface area (TPSA) is 58.9 Å². The number of piperidine rings is 1. The van der Waals surface area contributed by atoms with Crippen molar-refractivity contribution in [2.45, 2.75) is 59.0 Å². The van der Waals surface area contributed by atoms with E-state index >= 15 is 0 Å². The lowest BCUT2D eigenvalue weighted by Crippen LogP contribution is -2.38. The van der Waals surface area contributed by atoms with Crippen LogP contribution in [0, 0.1) is 5.92 Å². The highest BCUT2D eigenvalue weighted by Crippen LogP contribution is 2.13. The van der Waals surface area contributed by atoms with Crippen LogP contribution in [0.3, 0.4) is 0 Å². The smallest absolute Gasteiger partial charge is 0.165 e. The molecule has 0 saturated carbocycles. The molecular formula is C15H30N6. The Hall–Kier alpha value is -1.01. The minimum Gasteiger partial charge on any atom is -0.316 e. The van der Waals surface area contributed by atoms with E-state index in [1.807, 2.05) is 4.68 Å². The third-order valence-electron chi connectivity index (χ3n) is 4.15. The molecule has 1 N–H and O–H groups in total. The first-order valence-corrected chi connectivity index (χ1v) is 8.51. The molecule has 1 aliphatic rings. The van der Waals surface area contributed by atoms with Crippen LogP contribution >= 0.6 is 0 Å². The van der Waals surface area contributed by atoms with Gasteiger partial charge in [-0.25, -0.2) is 4.68 Å². The number of hydrogen-bond acceptors (Lipinski definition) is 5. The van der Waals surface area contributed by atoms with Crippen LogP contribution in [0.15, 0.2) is 0 Å². The van der Waals surface area contributed by atoms with E-state index in [1.165, 1.54) is 32.2 Å². The Kier molecular flexibility index (Phi) is 7.09. The maximum atomic E-state index is 4.23. The summed E-state index contributed by atoms with van der Waals surface area (Å²) >= 11 is 0. The van der Waals surface area contributed by atoms with Crippen molar-refractivity contribution in [1.82, 2.24) is 30.4 Å². The van der Waals surface area contributed by atoms with E-state index in [0.29, 0.717) is 0 Å². The number of tetrazole rings is 1. The van der Waals surface area contributed by atoms with Crippen LogP contribution in [0.2, 0.25) is 0 Å². The first-order valence-electron chi connectivity index (χ1n) is 8.51. The second kappa shape index (κ2) is 9.10. The molecule has 1 unspecified atom stereocenters. The molecule has 21 heavy (non-hydrogen) atoms. The van der Waals surface area contributed by atoms with Crippen molar-refractivity contribution < 1.29 is 0 Å². The minimum atomic E-state index is 0.769. The predicted octanol–water partition coefficient (Wildman–Crippen LogP) is 1.68. The molecule has 0 radical (unpaired) electrons. The lowest BCUT2D eigenvalue weighted by Gasteiger charge is -2.29. The molecule has 0 bridgehead atoms. The molecule has 1 aliphatic heterocycles. The number of aromatic nitrogens is 4. The van der Waals surface area contributed by atoms with Gasteiger partial charge in [-0.1, -0.05) is 20.3 Å². The summed E-state index contributed by atoms with van der Waals surface area (Å²) in [5.41, 5.74) is 0. The van der Waals surface area contributed by atoms with Gasteiger partial charge < -0.3 is 5.32 Å². The maximum absolute atomic E-state index is 4.23. The summed E-state index contributed by atoms with van der Waals surface area (Å²) in [5, 5.41) is 15.7. The van der Waals surface area contributed by atoms with Gasteiger partial charge in [0.2, 0.25) is 0 Å². The van der Waals surface area contributed by atoms with Gasteiger partial charge in [-0.2, -0.15) is 0 Å². The van der Waals surface area contributed by atoms with Crippen LogP contribution in [0.4, 0.5) is 0 Å². The van der Waals surface area contributed by atoms with E-state index < -0.39 is 0 Å². The van der Waals surface area contributed by atoms with Gasteiger partial charge in [-0.05, 0) is 61.7 Å². The summed E-state index contributed by atoms with van der Waals surface area (Å²) in [5.74, 6) is 1.78. The molecule has 1 aromatic rings. The lowest BCUT2D eigenvalue weighted by molar-refractivity contribution is 0.194. The third-order valence-corrected chi connectivity index (χ3v) is 4.15. The fourth-order valence-corrected chi connectivity index (χ4v) is 3.01. The molecule has 0 aromatic carbocycles.